The molecule has 0 radical (unpaired) electrons. The fourth-order valence-corrected chi connectivity index (χ4v) is 5.21. The van der Waals surface area contributed by atoms with E-state index in [0.29, 0.717) is 31.0 Å². The molecule has 4 rings (SSSR count). The van der Waals surface area contributed by atoms with E-state index in [1.54, 1.807) is 0 Å². The molecule has 3 atom stereocenters. The van der Waals surface area contributed by atoms with Gasteiger partial charge in [-0.3, -0.25) is 14.1 Å². The molecule has 2 aliphatic heterocycles. The number of quaternary nitrogens is 1. The number of rotatable bonds is 7. The molecule has 7 nitrogen and oxygen atoms in total. The van der Waals surface area contributed by atoms with Crippen molar-refractivity contribution < 1.29 is 24.2 Å². The molecule has 2 heterocycles. The molecule has 164 valence electrons. The van der Waals surface area contributed by atoms with Gasteiger partial charge in [0.1, 0.15) is 11.6 Å². The minimum absolute atomic E-state index is 0.147. The summed E-state index contributed by atoms with van der Waals surface area (Å²) >= 11 is 0. The monoisotopic (exact) mass is 425 g/mol. The van der Waals surface area contributed by atoms with E-state index >= 15 is 0 Å². The summed E-state index contributed by atoms with van der Waals surface area (Å²) in [5.74, 6) is -0.583. The average molecular weight is 426 g/mol. The number of fused-ring (bicyclic) bond motifs is 1. The number of aliphatic carboxylic acids is 1. The lowest BCUT2D eigenvalue weighted by Crippen LogP contribution is -2.55. The molecular weight excluding hydrogens is 396 g/mol. The van der Waals surface area contributed by atoms with Crippen LogP contribution in [0.5, 0.6) is 11.5 Å². The van der Waals surface area contributed by atoms with Crippen LogP contribution in [0.25, 0.3) is 0 Å². The SMILES string of the molecule is CCc1cccc(CC)c1C(C(N)=O)[N+]1(c2ccc3c(c2)OCO3)CCC(C(=O)O)C1. The van der Waals surface area contributed by atoms with Crippen molar-refractivity contribution in [2.75, 3.05) is 19.9 Å². The van der Waals surface area contributed by atoms with Crippen LogP contribution in [0.4, 0.5) is 5.69 Å². The molecule has 0 aliphatic carbocycles. The molecule has 0 aromatic heterocycles. The van der Waals surface area contributed by atoms with Crippen LogP contribution < -0.4 is 19.7 Å². The number of nitrogens with two attached hydrogens (primary N) is 1. The van der Waals surface area contributed by atoms with Crippen LogP contribution in [-0.4, -0.2) is 36.9 Å². The number of carbonyl (C=O) groups is 2. The summed E-state index contributed by atoms with van der Waals surface area (Å²) in [6.07, 6.45) is 2.00. The Labute approximate surface area is 182 Å². The third-order valence-corrected chi connectivity index (χ3v) is 6.73. The van der Waals surface area contributed by atoms with Gasteiger partial charge in [-0.2, -0.15) is 0 Å². The molecule has 3 N–H and O–H groups in total. The van der Waals surface area contributed by atoms with E-state index in [2.05, 4.69) is 13.8 Å². The van der Waals surface area contributed by atoms with E-state index in [1.807, 2.05) is 36.4 Å². The highest BCUT2D eigenvalue weighted by molar-refractivity contribution is 5.86. The summed E-state index contributed by atoms with van der Waals surface area (Å²) in [5.41, 5.74) is 9.99. The second-order valence-electron chi connectivity index (χ2n) is 8.30. The van der Waals surface area contributed by atoms with Gasteiger partial charge >= 0.3 is 5.97 Å². The quantitative estimate of drug-likeness (QED) is 0.664. The van der Waals surface area contributed by atoms with E-state index < -0.39 is 23.8 Å². The third kappa shape index (κ3) is 3.53. The van der Waals surface area contributed by atoms with E-state index in [4.69, 9.17) is 15.2 Å². The number of carboxylic acid groups (broad SMARTS) is 1. The molecular formula is C24H29N2O5+. The topological polar surface area (TPSA) is 98.9 Å². The summed E-state index contributed by atoms with van der Waals surface area (Å²) < 4.78 is 11.2. The van der Waals surface area contributed by atoms with E-state index in [1.165, 1.54) is 0 Å². The number of amides is 1. The first-order valence-corrected chi connectivity index (χ1v) is 10.8. The maximum Gasteiger partial charge on any atom is 0.312 e. The van der Waals surface area contributed by atoms with Crippen molar-refractivity contribution in [3.8, 4) is 11.5 Å². The Morgan fingerprint density at radius 1 is 1.13 bits per heavy atom. The number of ether oxygens (including phenoxy) is 2. The Kier molecular flexibility index (Phi) is 5.62. The maximum atomic E-state index is 13.1. The van der Waals surface area contributed by atoms with E-state index in [0.717, 1.165) is 35.2 Å². The third-order valence-electron chi connectivity index (χ3n) is 6.73. The first-order valence-electron chi connectivity index (χ1n) is 10.8. The average Bonchev–Trinajstić information content (AvgIpc) is 3.41. The molecule has 1 saturated heterocycles. The van der Waals surface area contributed by atoms with Crippen LogP contribution in [0.1, 0.15) is 43.0 Å². The van der Waals surface area contributed by atoms with Gasteiger partial charge in [0.25, 0.3) is 5.91 Å². The lowest BCUT2D eigenvalue weighted by molar-refractivity contribution is -0.141. The lowest BCUT2D eigenvalue weighted by Gasteiger charge is -2.41. The zero-order chi connectivity index (χ0) is 22.2. The zero-order valence-electron chi connectivity index (χ0n) is 18.0. The predicted octanol–water partition coefficient (Wildman–Crippen LogP) is 3.18. The standard InChI is InChI=1S/C24H28N2O5/c1-3-15-6-5-7-16(4-2)21(15)22(23(25)27)26(11-10-17(13-26)24(28)29)18-8-9-19-20(12-18)31-14-30-19/h5-9,12,17,22H,3-4,10-11,13-14H2,1-2H3,(H2-,25,27,28,29)/p+1. The van der Waals surface area contributed by atoms with Crippen LogP contribution in [0, 0.1) is 5.92 Å². The van der Waals surface area contributed by atoms with Gasteiger partial charge in [-0.1, -0.05) is 32.0 Å². The fraction of sp³-hybridized carbons (Fsp3) is 0.417. The van der Waals surface area contributed by atoms with Gasteiger partial charge in [0.15, 0.2) is 17.5 Å². The van der Waals surface area contributed by atoms with Crippen LogP contribution in [0.15, 0.2) is 36.4 Å². The second-order valence-corrected chi connectivity index (χ2v) is 8.30. The number of likely N-dealkylation sites (tertiary alicyclic amines) is 1. The highest BCUT2D eigenvalue weighted by Crippen LogP contribution is 2.46. The summed E-state index contributed by atoms with van der Waals surface area (Å²) in [6, 6.07) is 11.0. The molecule has 31 heavy (non-hydrogen) atoms. The Hall–Kier alpha value is -3.06. The number of primary amides is 1. The van der Waals surface area contributed by atoms with E-state index in [-0.39, 0.29) is 11.3 Å². The molecule has 0 bridgehead atoms. The maximum absolute atomic E-state index is 13.1. The minimum Gasteiger partial charge on any atom is -0.481 e. The summed E-state index contributed by atoms with van der Waals surface area (Å²) in [6.45, 7) is 5.07. The molecule has 7 heteroatoms. The first-order chi connectivity index (χ1) is 14.9. The smallest absolute Gasteiger partial charge is 0.312 e. The van der Waals surface area contributed by atoms with Crippen molar-refractivity contribution in [3.63, 3.8) is 0 Å². The number of carboxylic acids is 1. The highest BCUT2D eigenvalue weighted by atomic mass is 16.7. The summed E-state index contributed by atoms with van der Waals surface area (Å²) in [4.78, 5) is 25.0. The molecule has 2 aromatic carbocycles. The lowest BCUT2D eigenvalue weighted by atomic mass is 9.89. The highest BCUT2D eigenvalue weighted by Gasteiger charge is 2.52. The molecule has 0 spiro atoms. The van der Waals surface area contributed by atoms with Crippen LogP contribution in [-0.2, 0) is 22.4 Å². The molecule has 2 aromatic rings. The van der Waals surface area contributed by atoms with Gasteiger partial charge in [-0.25, -0.2) is 0 Å². The van der Waals surface area contributed by atoms with Crippen molar-refractivity contribution in [2.45, 2.75) is 39.2 Å². The van der Waals surface area contributed by atoms with Crippen LogP contribution in [0.3, 0.4) is 0 Å². The Morgan fingerprint density at radius 2 is 1.81 bits per heavy atom. The summed E-state index contributed by atoms with van der Waals surface area (Å²) in [7, 11) is 0. The van der Waals surface area contributed by atoms with Gasteiger partial charge < -0.3 is 20.3 Å². The molecule has 1 amide bonds. The first kappa shape index (κ1) is 21.2. The number of hydrogen-bond donors (Lipinski definition) is 2. The van der Waals surface area contributed by atoms with Gasteiger partial charge in [-0.05, 0) is 30.0 Å². The Morgan fingerprint density at radius 3 is 2.39 bits per heavy atom. The molecule has 0 saturated carbocycles. The second kappa shape index (κ2) is 8.23. The van der Waals surface area contributed by atoms with Crippen molar-refractivity contribution in [1.82, 2.24) is 4.48 Å². The minimum atomic E-state index is -0.844. The zero-order valence-corrected chi connectivity index (χ0v) is 18.0. The van der Waals surface area contributed by atoms with Gasteiger partial charge in [0, 0.05) is 24.1 Å². The van der Waals surface area contributed by atoms with E-state index in [9.17, 15) is 14.7 Å². The van der Waals surface area contributed by atoms with Crippen LogP contribution in [0.2, 0.25) is 0 Å². The summed E-state index contributed by atoms with van der Waals surface area (Å²) in [5, 5.41) is 9.77. The Balaban J connectivity index is 1.94. The number of nitrogens with zero attached hydrogens (tertiary/aromatic N) is 1. The van der Waals surface area contributed by atoms with Crippen LogP contribution >= 0.6 is 0 Å². The van der Waals surface area contributed by atoms with Gasteiger partial charge in [0.05, 0.1) is 13.1 Å². The number of aryl methyl sites for hydroxylation is 2. The number of carbonyl (C=O) groups excluding carboxylic acids is 1. The van der Waals surface area contributed by atoms with Crippen molar-refractivity contribution in [1.29, 1.82) is 0 Å². The van der Waals surface area contributed by atoms with Gasteiger partial charge in [0.2, 0.25) is 6.79 Å². The van der Waals surface area contributed by atoms with Crippen molar-refractivity contribution in [3.05, 3.63) is 53.1 Å². The number of benzene rings is 2. The van der Waals surface area contributed by atoms with Gasteiger partial charge in [-0.15, -0.1) is 0 Å². The molecule has 2 aliphatic rings. The van der Waals surface area contributed by atoms with Crippen molar-refractivity contribution in [2.24, 2.45) is 11.7 Å². The normalized spacial score (nSPS) is 23.0. The number of hydrogen-bond acceptors (Lipinski definition) is 4. The molecule has 3 unspecified atom stereocenters. The van der Waals surface area contributed by atoms with Crippen molar-refractivity contribution >= 4 is 17.6 Å². The predicted molar refractivity (Wildman–Crippen MR) is 117 cm³/mol. The largest absolute Gasteiger partial charge is 0.481 e. The fourth-order valence-electron chi connectivity index (χ4n) is 5.21. The Bertz CT molecular complexity index is 999. The molecule has 1 fully saturated rings.